The summed E-state index contributed by atoms with van der Waals surface area (Å²) in [4.78, 5) is 4.25. The molecule has 0 fully saturated rings. The molecule has 0 N–H and O–H groups in total. The molecule has 0 aliphatic carbocycles. The van der Waals surface area contributed by atoms with Crippen LogP contribution in [0.2, 0.25) is 0 Å². The molecule has 0 saturated carbocycles. The van der Waals surface area contributed by atoms with Gasteiger partial charge in [-0.2, -0.15) is 0 Å². The molecule has 0 atom stereocenters. The van der Waals surface area contributed by atoms with Crippen LogP contribution in [0.4, 0.5) is 0 Å². The van der Waals surface area contributed by atoms with Crippen molar-refractivity contribution in [1.82, 2.24) is 4.98 Å². The fourth-order valence-electron chi connectivity index (χ4n) is 5.61. The molecule has 64 heavy (non-hydrogen) atoms. The lowest BCUT2D eigenvalue weighted by atomic mass is 10.1. The van der Waals surface area contributed by atoms with E-state index in [1.165, 1.54) is 43.4 Å². The normalized spacial score (nSPS) is 8.78. The molecule has 1 aromatic heterocycles. The maximum absolute atomic E-state index is 4.25. The topological polar surface area (TPSA) is 12.9 Å². The van der Waals surface area contributed by atoms with E-state index in [-0.39, 0.29) is 0 Å². The molecule has 0 radical (unpaired) electrons. The fourth-order valence-corrected chi connectivity index (χ4v) is 5.61. The summed E-state index contributed by atoms with van der Waals surface area (Å²) in [5, 5.41) is 7.86. The van der Waals surface area contributed by atoms with Gasteiger partial charge in [-0.1, -0.05) is 309 Å². The van der Waals surface area contributed by atoms with Gasteiger partial charge in [0.2, 0.25) is 0 Å². The molecule has 1 heteroatoms. The lowest BCUT2D eigenvalue weighted by Crippen LogP contribution is -1.79. The van der Waals surface area contributed by atoms with E-state index < -0.39 is 0 Å². The Morgan fingerprint density at radius 1 is 0.219 bits per heavy atom. The Morgan fingerprint density at radius 3 is 0.609 bits per heavy atom. The quantitative estimate of drug-likeness (QED) is 0.160. The minimum Gasteiger partial charge on any atom is -0.256 e. The predicted molar refractivity (Wildman–Crippen MR) is 289 cm³/mol. The molecule has 9 aromatic carbocycles. The zero-order valence-corrected chi connectivity index (χ0v) is 40.3. The second-order valence-electron chi connectivity index (χ2n) is 12.9. The van der Waals surface area contributed by atoms with Crippen LogP contribution in [-0.4, -0.2) is 4.98 Å². The Bertz CT molecular complexity index is 2090. The monoisotopic (exact) mass is 844 g/mol. The summed E-state index contributed by atoms with van der Waals surface area (Å²) >= 11 is 0. The molecule has 10 rings (SSSR count). The third-order valence-electron chi connectivity index (χ3n) is 8.59. The van der Waals surface area contributed by atoms with Gasteiger partial charge in [-0.15, -0.1) is 0 Å². The molecule has 0 amide bonds. The van der Waals surface area contributed by atoms with Crippen molar-refractivity contribution in [2.24, 2.45) is 0 Å². The second-order valence-corrected chi connectivity index (χ2v) is 12.9. The van der Waals surface area contributed by atoms with Crippen LogP contribution in [0.3, 0.4) is 0 Å². The van der Waals surface area contributed by atoms with Crippen molar-refractivity contribution in [3.63, 3.8) is 0 Å². The van der Waals surface area contributed by atoms with Crippen LogP contribution >= 0.6 is 0 Å². The molecule has 1 nitrogen and oxygen atoms in total. The highest BCUT2D eigenvalue weighted by atomic mass is 14.7. The first kappa shape index (κ1) is 54.9. The summed E-state index contributed by atoms with van der Waals surface area (Å²) in [6, 6.07) is 86.7. The smallest absolute Gasteiger partial charge is 0.0701 e. The van der Waals surface area contributed by atoms with Gasteiger partial charge in [0.05, 0.1) is 5.69 Å². The van der Waals surface area contributed by atoms with Gasteiger partial charge < -0.3 is 0 Å². The SMILES string of the molecule is CC.CC.CC.CC.Cc1ccccc1.Cc1ccccc1.c1ccc(-c2ccccn2)cc1.c1ccc2ccccc2c1.c1ccc2ccccc2c1.c1ccc2ccccc2c1. The van der Waals surface area contributed by atoms with Crippen LogP contribution in [0.25, 0.3) is 43.6 Å². The van der Waals surface area contributed by atoms with E-state index in [1.54, 1.807) is 0 Å². The predicted octanol–water partition coefficient (Wildman–Crippen LogP) is 19.4. The molecule has 0 aliphatic rings. The Morgan fingerprint density at radius 2 is 0.422 bits per heavy atom. The average molecular weight is 844 g/mol. The first-order valence-electron chi connectivity index (χ1n) is 23.0. The lowest BCUT2D eigenvalue weighted by Gasteiger charge is -1.97. The Hall–Kier alpha value is -7.09. The molecular weight excluding hydrogens is 771 g/mol. The molecular formula is C63H73N. The number of nitrogens with zero attached hydrogens (tertiary/aromatic N) is 1. The number of aryl methyl sites for hydroxylation is 2. The molecule has 1 heterocycles. The van der Waals surface area contributed by atoms with Gasteiger partial charge in [-0.3, -0.25) is 4.98 Å². The molecule has 0 aliphatic heterocycles. The zero-order chi connectivity index (χ0) is 46.9. The molecule has 0 saturated heterocycles. The number of aromatic nitrogens is 1. The molecule has 10 aromatic rings. The van der Waals surface area contributed by atoms with Gasteiger partial charge in [0.15, 0.2) is 0 Å². The van der Waals surface area contributed by atoms with Gasteiger partial charge in [-0.25, -0.2) is 0 Å². The third-order valence-corrected chi connectivity index (χ3v) is 8.59. The Labute approximate surface area is 388 Å². The van der Waals surface area contributed by atoms with Crippen molar-refractivity contribution in [2.45, 2.75) is 69.2 Å². The number of benzene rings is 9. The van der Waals surface area contributed by atoms with Crippen LogP contribution in [0.15, 0.2) is 261 Å². The van der Waals surface area contributed by atoms with E-state index >= 15 is 0 Å². The van der Waals surface area contributed by atoms with Crippen molar-refractivity contribution in [2.75, 3.05) is 0 Å². The summed E-state index contributed by atoms with van der Waals surface area (Å²) in [6.45, 7) is 20.2. The standard InChI is InChI=1S/C11H9N.3C10H8.2C7H8.4C2H6/c1-2-6-10(7-3-1)11-8-4-5-9-12-11;3*1-2-6-10-8-4-3-7-9(10)5-1;2*1-7-5-3-2-4-6-7;4*1-2/h1-9H;3*1-8H;2*2-6H,1H3;4*1-2H3. The number of hydrogen-bond acceptors (Lipinski definition) is 1. The number of hydrogen-bond donors (Lipinski definition) is 0. The van der Waals surface area contributed by atoms with E-state index in [4.69, 9.17) is 0 Å². The van der Waals surface area contributed by atoms with Crippen molar-refractivity contribution in [3.8, 4) is 11.3 Å². The first-order valence-corrected chi connectivity index (χ1v) is 23.0. The lowest BCUT2D eigenvalue weighted by molar-refractivity contribution is 1.33. The van der Waals surface area contributed by atoms with Crippen LogP contribution in [0, 0.1) is 13.8 Å². The van der Waals surface area contributed by atoms with E-state index in [1.807, 2.05) is 134 Å². The number of fused-ring (bicyclic) bond motifs is 3. The summed E-state index contributed by atoms with van der Waals surface area (Å²) < 4.78 is 0. The van der Waals surface area contributed by atoms with E-state index in [2.05, 4.69) is 201 Å². The zero-order valence-electron chi connectivity index (χ0n) is 40.3. The Kier molecular flexibility index (Phi) is 32.3. The molecule has 0 spiro atoms. The van der Waals surface area contributed by atoms with Gasteiger partial charge in [0, 0.05) is 11.8 Å². The van der Waals surface area contributed by atoms with E-state index in [9.17, 15) is 0 Å². The highest BCUT2D eigenvalue weighted by Gasteiger charge is 1.94. The largest absolute Gasteiger partial charge is 0.256 e. The average Bonchev–Trinajstić information content (AvgIpc) is 3.41. The van der Waals surface area contributed by atoms with Crippen molar-refractivity contribution >= 4 is 32.3 Å². The third kappa shape index (κ3) is 23.2. The Balaban J connectivity index is 0.000000375. The summed E-state index contributed by atoms with van der Waals surface area (Å²) in [7, 11) is 0. The highest BCUT2D eigenvalue weighted by molar-refractivity contribution is 5.83. The van der Waals surface area contributed by atoms with Crippen molar-refractivity contribution < 1.29 is 0 Å². The van der Waals surface area contributed by atoms with E-state index in [0.717, 1.165) is 11.3 Å². The van der Waals surface area contributed by atoms with Crippen molar-refractivity contribution in [3.05, 3.63) is 272 Å². The van der Waals surface area contributed by atoms with Crippen LogP contribution in [0.5, 0.6) is 0 Å². The second kappa shape index (κ2) is 37.7. The van der Waals surface area contributed by atoms with Crippen LogP contribution in [-0.2, 0) is 0 Å². The van der Waals surface area contributed by atoms with Crippen molar-refractivity contribution in [1.29, 1.82) is 0 Å². The van der Waals surface area contributed by atoms with Crippen LogP contribution < -0.4 is 0 Å². The number of rotatable bonds is 1. The van der Waals surface area contributed by atoms with Gasteiger partial charge in [0.1, 0.15) is 0 Å². The van der Waals surface area contributed by atoms with Gasteiger partial charge in [0.25, 0.3) is 0 Å². The fraction of sp³-hybridized carbons (Fsp3) is 0.159. The summed E-state index contributed by atoms with van der Waals surface area (Å²) in [5.74, 6) is 0. The van der Waals surface area contributed by atoms with E-state index in [0.29, 0.717) is 0 Å². The van der Waals surface area contributed by atoms with Crippen LogP contribution in [0.1, 0.15) is 66.5 Å². The molecule has 330 valence electrons. The van der Waals surface area contributed by atoms with Gasteiger partial charge in [-0.05, 0) is 58.3 Å². The maximum atomic E-state index is 4.25. The summed E-state index contributed by atoms with van der Waals surface area (Å²) in [5.41, 5.74) is 4.83. The van der Waals surface area contributed by atoms with Gasteiger partial charge >= 0.3 is 0 Å². The highest BCUT2D eigenvalue weighted by Crippen LogP contribution is 2.15. The minimum atomic E-state index is 1.03. The summed E-state index contributed by atoms with van der Waals surface area (Å²) in [6.07, 6.45) is 1.81. The maximum Gasteiger partial charge on any atom is 0.0701 e. The molecule has 0 bridgehead atoms. The minimum absolute atomic E-state index is 1.03. The molecule has 0 unspecified atom stereocenters. The number of pyridine rings is 1. The first-order chi connectivity index (χ1) is 31.7.